The fourth-order valence-corrected chi connectivity index (χ4v) is 3.45. The molecule has 6 nitrogen and oxygen atoms in total. The van der Waals surface area contributed by atoms with Crippen LogP contribution in [0.25, 0.3) is 0 Å². The zero-order chi connectivity index (χ0) is 15.7. The highest BCUT2D eigenvalue weighted by atomic mass is 16.4. The van der Waals surface area contributed by atoms with Crippen LogP contribution in [0, 0.1) is 19.8 Å². The third-order valence-electron chi connectivity index (χ3n) is 5.00. The molecule has 2 fully saturated rings. The van der Waals surface area contributed by atoms with Crippen molar-refractivity contribution in [3.8, 4) is 0 Å². The van der Waals surface area contributed by atoms with Gasteiger partial charge in [0.05, 0.1) is 18.2 Å². The second kappa shape index (κ2) is 6.38. The monoisotopic (exact) mass is 306 g/mol. The molecule has 1 saturated carbocycles. The number of carbonyl (C=O) groups excluding carboxylic acids is 1. The van der Waals surface area contributed by atoms with Crippen LogP contribution >= 0.6 is 0 Å². The molecule has 0 bridgehead atoms. The van der Waals surface area contributed by atoms with Crippen LogP contribution in [0.2, 0.25) is 0 Å². The Morgan fingerprint density at radius 1 is 1.27 bits per heavy atom. The quantitative estimate of drug-likeness (QED) is 0.904. The molecule has 2 aliphatic rings. The Balaban J connectivity index is 1.50. The summed E-state index contributed by atoms with van der Waals surface area (Å²) in [6.45, 7) is 7.92. The summed E-state index contributed by atoms with van der Waals surface area (Å²) in [6.07, 6.45) is 3.02. The number of amides is 1. The van der Waals surface area contributed by atoms with Crippen molar-refractivity contribution in [2.75, 3.05) is 26.2 Å². The largest absolute Gasteiger partial charge is 0.444 e. The van der Waals surface area contributed by atoms with Crippen molar-refractivity contribution < 1.29 is 9.21 Å². The maximum absolute atomic E-state index is 12.5. The van der Waals surface area contributed by atoms with Crippen LogP contribution in [-0.2, 0) is 11.3 Å². The molecule has 122 valence electrons. The SMILES string of the molecule is Cc1nc(CN2CCN(C(=O)[C@H]3CCC[C@H]3N)CC2)oc1C. The first kappa shape index (κ1) is 15.5. The molecule has 1 aliphatic heterocycles. The van der Waals surface area contributed by atoms with Crippen molar-refractivity contribution in [3.05, 3.63) is 17.3 Å². The molecule has 1 aromatic rings. The number of nitrogens with zero attached hydrogens (tertiary/aromatic N) is 3. The van der Waals surface area contributed by atoms with Crippen molar-refractivity contribution in [2.24, 2.45) is 11.7 Å². The van der Waals surface area contributed by atoms with Crippen molar-refractivity contribution >= 4 is 5.91 Å². The summed E-state index contributed by atoms with van der Waals surface area (Å²) in [7, 11) is 0. The number of rotatable bonds is 3. The Labute approximate surface area is 131 Å². The summed E-state index contributed by atoms with van der Waals surface area (Å²) in [4.78, 5) is 21.2. The third kappa shape index (κ3) is 3.17. The van der Waals surface area contributed by atoms with Gasteiger partial charge in [-0.3, -0.25) is 9.69 Å². The molecule has 0 unspecified atom stereocenters. The van der Waals surface area contributed by atoms with Gasteiger partial charge in [-0.15, -0.1) is 0 Å². The van der Waals surface area contributed by atoms with Gasteiger partial charge in [0.25, 0.3) is 0 Å². The van der Waals surface area contributed by atoms with E-state index in [4.69, 9.17) is 10.2 Å². The molecule has 6 heteroatoms. The zero-order valence-electron chi connectivity index (χ0n) is 13.5. The lowest BCUT2D eigenvalue weighted by molar-refractivity contribution is -0.137. The van der Waals surface area contributed by atoms with Crippen molar-refractivity contribution in [2.45, 2.75) is 45.7 Å². The Hall–Kier alpha value is -1.40. The van der Waals surface area contributed by atoms with E-state index in [0.717, 1.165) is 69.3 Å². The first-order valence-corrected chi connectivity index (χ1v) is 8.24. The van der Waals surface area contributed by atoms with Gasteiger partial charge in [-0.2, -0.15) is 0 Å². The minimum atomic E-state index is 0.0450. The summed E-state index contributed by atoms with van der Waals surface area (Å²) in [5.41, 5.74) is 7.01. The molecule has 22 heavy (non-hydrogen) atoms. The highest BCUT2D eigenvalue weighted by Crippen LogP contribution is 2.26. The number of carbonyl (C=O) groups is 1. The molecule has 1 amide bonds. The van der Waals surface area contributed by atoms with Crippen LogP contribution in [0.5, 0.6) is 0 Å². The number of nitrogens with two attached hydrogens (primary N) is 1. The van der Waals surface area contributed by atoms with Crippen LogP contribution in [-0.4, -0.2) is 52.9 Å². The maximum Gasteiger partial charge on any atom is 0.227 e. The maximum atomic E-state index is 12.5. The molecule has 0 spiro atoms. The lowest BCUT2D eigenvalue weighted by Crippen LogP contribution is -2.51. The average molecular weight is 306 g/mol. The molecular weight excluding hydrogens is 280 g/mol. The molecule has 1 saturated heterocycles. The second-order valence-electron chi connectivity index (χ2n) is 6.55. The topological polar surface area (TPSA) is 75.6 Å². The van der Waals surface area contributed by atoms with Gasteiger partial charge in [-0.05, 0) is 26.7 Å². The Bertz CT molecular complexity index is 515. The molecule has 2 atom stereocenters. The minimum Gasteiger partial charge on any atom is -0.444 e. The van der Waals surface area contributed by atoms with E-state index in [1.54, 1.807) is 0 Å². The number of aryl methyl sites for hydroxylation is 2. The fraction of sp³-hybridized carbons (Fsp3) is 0.750. The standard InChI is InChI=1S/C16H26N4O2/c1-11-12(2)22-15(18-11)10-19-6-8-20(9-7-19)16(21)13-4-3-5-14(13)17/h13-14H,3-10,17H2,1-2H3/t13-,14+/m0/s1. The highest BCUT2D eigenvalue weighted by molar-refractivity contribution is 5.80. The van der Waals surface area contributed by atoms with E-state index in [0.29, 0.717) is 0 Å². The van der Waals surface area contributed by atoms with Crippen LogP contribution in [0.3, 0.4) is 0 Å². The van der Waals surface area contributed by atoms with Gasteiger partial charge >= 0.3 is 0 Å². The highest BCUT2D eigenvalue weighted by Gasteiger charge is 2.34. The molecule has 1 aromatic heterocycles. The van der Waals surface area contributed by atoms with E-state index in [1.807, 2.05) is 18.7 Å². The second-order valence-corrected chi connectivity index (χ2v) is 6.55. The fourth-order valence-electron chi connectivity index (χ4n) is 3.45. The predicted octanol–water partition coefficient (Wildman–Crippen LogP) is 1.06. The average Bonchev–Trinajstić information content (AvgIpc) is 3.05. The Morgan fingerprint density at radius 3 is 2.55 bits per heavy atom. The summed E-state index contributed by atoms with van der Waals surface area (Å²) < 4.78 is 5.64. The molecule has 0 aromatic carbocycles. The van der Waals surface area contributed by atoms with Gasteiger partial charge in [0, 0.05) is 32.2 Å². The summed E-state index contributed by atoms with van der Waals surface area (Å²) in [6, 6.07) is 0.0591. The number of hydrogen-bond donors (Lipinski definition) is 1. The normalized spacial score (nSPS) is 26.6. The number of piperazine rings is 1. The zero-order valence-corrected chi connectivity index (χ0v) is 13.5. The van der Waals surface area contributed by atoms with Crippen LogP contribution < -0.4 is 5.73 Å². The van der Waals surface area contributed by atoms with Crippen LogP contribution in [0.1, 0.15) is 36.6 Å². The molecule has 2 heterocycles. The van der Waals surface area contributed by atoms with Gasteiger partial charge in [-0.1, -0.05) is 6.42 Å². The van der Waals surface area contributed by atoms with E-state index in [1.165, 1.54) is 0 Å². The lowest BCUT2D eigenvalue weighted by Gasteiger charge is -2.36. The summed E-state index contributed by atoms with van der Waals surface area (Å²) >= 11 is 0. The van der Waals surface area contributed by atoms with Gasteiger partial charge in [0.2, 0.25) is 11.8 Å². The number of hydrogen-bond acceptors (Lipinski definition) is 5. The predicted molar refractivity (Wildman–Crippen MR) is 83.2 cm³/mol. The lowest BCUT2D eigenvalue weighted by atomic mass is 10.0. The first-order valence-electron chi connectivity index (χ1n) is 8.24. The van der Waals surface area contributed by atoms with Gasteiger partial charge in [0.1, 0.15) is 5.76 Å². The van der Waals surface area contributed by atoms with Crippen LogP contribution in [0.15, 0.2) is 4.42 Å². The van der Waals surface area contributed by atoms with Gasteiger partial charge in [-0.25, -0.2) is 4.98 Å². The molecule has 3 rings (SSSR count). The Morgan fingerprint density at radius 2 is 2.00 bits per heavy atom. The van der Waals surface area contributed by atoms with Gasteiger partial charge < -0.3 is 15.1 Å². The molecule has 1 aliphatic carbocycles. The van der Waals surface area contributed by atoms with E-state index >= 15 is 0 Å². The van der Waals surface area contributed by atoms with E-state index in [2.05, 4.69) is 9.88 Å². The molecular formula is C16H26N4O2. The van der Waals surface area contributed by atoms with Crippen molar-refractivity contribution in [1.29, 1.82) is 0 Å². The minimum absolute atomic E-state index is 0.0450. The third-order valence-corrected chi connectivity index (χ3v) is 5.00. The smallest absolute Gasteiger partial charge is 0.227 e. The van der Waals surface area contributed by atoms with E-state index in [9.17, 15) is 4.79 Å². The summed E-state index contributed by atoms with van der Waals surface area (Å²) in [5, 5.41) is 0. The summed E-state index contributed by atoms with van der Waals surface area (Å²) in [5.74, 6) is 1.96. The molecule has 0 radical (unpaired) electrons. The van der Waals surface area contributed by atoms with E-state index in [-0.39, 0.29) is 17.9 Å². The Kier molecular flexibility index (Phi) is 4.49. The number of aromatic nitrogens is 1. The number of oxazole rings is 1. The van der Waals surface area contributed by atoms with Crippen molar-refractivity contribution in [1.82, 2.24) is 14.8 Å². The molecule has 2 N–H and O–H groups in total. The van der Waals surface area contributed by atoms with Gasteiger partial charge in [0.15, 0.2) is 0 Å². The van der Waals surface area contributed by atoms with Crippen molar-refractivity contribution in [3.63, 3.8) is 0 Å². The van der Waals surface area contributed by atoms with E-state index < -0.39 is 0 Å². The van der Waals surface area contributed by atoms with Crippen LogP contribution in [0.4, 0.5) is 0 Å². The first-order chi connectivity index (χ1) is 10.5.